The van der Waals surface area contributed by atoms with E-state index in [4.69, 9.17) is 9.40 Å². The summed E-state index contributed by atoms with van der Waals surface area (Å²) in [5.41, 5.74) is 6.70. The van der Waals surface area contributed by atoms with Crippen LogP contribution in [0.15, 0.2) is 47.0 Å². The Morgan fingerprint density at radius 2 is 1.90 bits per heavy atom. The number of aryl methyl sites for hydroxylation is 1. The Balaban J connectivity index is 1.76. The van der Waals surface area contributed by atoms with E-state index in [0.29, 0.717) is 0 Å². The molecule has 3 heterocycles. The van der Waals surface area contributed by atoms with Crippen molar-refractivity contribution in [2.45, 2.75) is 40.5 Å². The highest BCUT2D eigenvalue weighted by Gasteiger charge is 2.29. The number of hydrogen-bond acceptors (Lipinski definition) is 3. The van der Waals surface area contributed by atoms with E-state index in [-0.39, 0.29) is 5.41 Å². The second-order valence-electron chi connectivity index (χ2n) is 9.46. The SMILES string of the molecule is Cc1c2c(cc3ccccc13)-c1nccc3sc4oc(CC(C)(C)C)c(c4c13)C2. The molecule has 0 N–H and O–H groups in total. The molecule has 5 aromatic rings. The molecule has 1 aliphatic rings. The first-order valence-electron chi connectivity index (χ1n) is 10.2. The number of rotatable bonds is 1. The van der Waals surface area contributed by atoms with Crippen molar-refractivity contribution >= 4 is 42.5 Å². The van der Waals surface area contributed by atoms with Gasteiger partial charge in [0.15, 0.2) is 4.90 Å². The van der Waals surface area contributed by atoms with Crippen LogP contribution >= 0.6 is 11.3 Å². The van der Waals surface area contributed by atoms with Gasteiger partial charge in [-0.1, -0.05) is 56.4 Å². The van der Waals surface area contributed by atoms with Crippen molar-refractivity contribution < 1.29 is 4.42 Å². The molecule has 0 spiro atoms. The number of thiophene rings is 1. The predicted octanol–water partition coefficient (Wildman–Crippen LogP) is 7.66. The van der Waals surface area contributed by atoms with Crippen LogP contribution in [0.4, 0.5) is 0 Å². The Labute approximate surface area is 174 Å². The Morgan fingerprint density at radius 1 is 1.07 bits per heavy atom. The molecule has 2 nitrogen and oxygen atoms in total. The molecule has 0 radical (unpaired) electrons. The maximum absolute atomic E-state index is 6.47. The van der Waals surface area contributed by atoms with E-state index in [1.165, 1.54) is 48.5 Å². The minimum Gasteiger partial charge on any atom is -0.450 e. The van der Waals surface area contributed by atoms with Crippen molar-refractivity contribution in [3.63, 3.8) is 0 Å². The third kappa shape index (κ3) is 2.43. The lowest BCUT2D eigenvalue weighted by atomic mass is 9.87. The largest absolute Gasteiger partial charge is 0.450 e. The molecule has 29 heavy (non-hydrogen) atoms. The van der Waals surface area contributed by atoms with Crippen LogP contribution < -0.4 is 0 Å². The van der Waals surface area contributed by atoms with Crippen molar-refractivity contribution in [2.75, 3.05) is 0 Å². The van der Waals surface area contributed by atoms with E-state index in [9.17, 15) is 0 Å². The standard InChI is InChI=1S/C26H23NOS/c1-14-16-8-6-5-7-15(16)11-18-17(14)12-19-20(13-26(2,3)4)28-25-22(19)23-21(29-25)9-10-27-24(18)23/h5-11H,12-13H2,1-4H3. The van der Waals surface area contributed by atoms with Crippen molar-refractivity contribution in [2.24, 2.45) is 5.41 Å². The monoisotopic (exact) mass is 397 g/mol. The summed E-state index contributed by atoms with van der Waals surface area (Å²) in [4.78, 5) is 5.94. The first kappa shape index (κ1) is 17.2. The van der Waals surface area contributed by atoms with Gasteiger partial charge in [0.2, 0.25) is 0 Å². The third-order valence-corrected chi connectivity index (χ3v) is 7.20. The van der Waals surface area contributed by atoms with Crippen molar-refractivity contribution in [3.8, 4) is 11.3 Å². The first-order valence-corrected chi connectivity index (χ1v) is 11.1. The molecule has 3 heteroatoms. The number of fused-ring (bicyclic) bond motifs is 3. The Hall–Kier alpha value is -2.65. The average Bonchev–Trinajstić information content (AvgIpc) is 3.12. The quantitative estimate of drug-likeness (QED) is 0.284. The number of furan rings is 1. The summed E-state index contributed by atoms with van der Waals surface area (Å²) in [6.45, 7) is 9.11. The second-order valence-corrected chi connectivity index (χ2v) is 10.5. The summed E-state index contributed by atoms with van der Waals surface area (Å²) in [5, 5.41) is 5.20. The summed E-state index contributed by atoms with van der Waals surface area (Å²) < 4.78 is 7.74. The van der Waals surface area contributed by atoms with E-state index in [0.717, 1.165) is 29.2 Å². The van der Waals surface area contributed by atoms with Gasteiger partial charge in [-0.15, -0.1) is 0 Å². The molecular weight excluding hydrogens is 374 g/mol. The van der Waals surface area contributed by atoms with Crippen LogP contribution in [0.5, 0.6) is 0 Å². The topological polar surface area (TPSA) is 26.0 Å². The zero-order valence-electron chi connectivity index (χ0n) is 17.2. The van der Waals surface area contributed by atoms with Crippen LogP contribution in [0.25, 0.3) is 42.4 Å². The lowest BCUT2D eigenvalue weighted by molar-refractivity contribution is 0.369. The average molecular weight is 398 g/mol. The predicted molar refractivity (Wildman–Crippen MR) is 123 cm³/mol. The first-order chi connectivity index (χ1) is 13.9. The van der Waals surface area contributed by atoms with Gasteiger partial charge in [0.1, 0.15) is 5.76 Å². The molecule has 0 amide bonds. The molecule has 3 aromatic heterocycles. The molecule has 0 saturated carbocycles. The minimum atomic E-state index is 0.181. The number of benzene rings is 2. The highest BCUT2D eigenvalue weighted by Crippen LogP contribution is 2.49. The molecule has 6 rings (SSSR count). The zero-order valence-corrected chi connectivity index (χ0v) is 18.0. The van der Waals surface area contributed by atoms with E-state index >= 15 is 0 Å². The summed E-state index contributed by atoms with van der Waals surface area (Å²) >= 11 is 1.76. The van der Waals surface area contributed by atoms with Crippen LogP contribution in [-0.4, -0.2) is 4.98 Å². The van der Waals surface area contributed by atoms with Crippen LogP contribution in [0.1, 0.15) is 43.2 Å². The fourth-order valence-corrected chi connectivity index (χ4v) is 5.98. The molecule has 0 bridgehead atoms. The molecule has 0 atom stereocenters. The number of hydrogen-bond donors (Lipinski definition) is 0. The summed E-state index contributed by atoms with van der Waals surface area (Å²) in [6.07, 6.45) is 3.80. The smallest absolute Gasteiger partial charge is 0.189 e. The van der Waals surface area contributed by atoms with Crippen LogP contribution in [0, 0.1) is 12.3 Å². The van der Waals surface area contributed by atoms with Gasteiger partial charge >= 0.3 is 0 Å². The van der Waals surface area contributed by atoms with Gasteiger partial charge in [-0.3, -0.25) is 4.98 Å². The molecule has 1 aliphatic carbocycles. The lowest BCUT2D eigenvalue weighted by Crippen LogP contribution is -2.10. The number of aromatic nitrogens is 1. The lowest BCUT2D eigenvalue weighted by Gasteiger charge is -2.18. The van der Waals surface area contributed by atoms with Crippen LogP contribution in [0.2, 0.25) is 0 Å². The molecule has 0 unspecified atom stereocenters. The van der Waals surface area contributed by atoms with Crippen molar-refractivity contribution in [3.05, 3.63) is 65.0 Å². The van der Waals surface area contributed by atoms with E-state index in [1.807, 2.05) is 6.20 Å². The number of pyridine rings is 1. The maximum Gasteiger partial charge on any atom is 0.189 e. The van der Waals surface area contributed by atoms with Gasteiger partial charge in [0, 0.05) is 45.6 Å². The molecule has 0 fully saturated rings. The van der Waals surface area contributed by atoms with Gasteiger partial charge in [-0.05, 0) is 46.4 Å². The summed E-state index contributed by atoms with van der Waals surface area (Å²) in [5.74, 6) is 1.15. The Bertz CT molecular complexity index is 1450. The van der Waals surface area contributed by atoms with E-state index < -0.39 is 0 Å². The Morgan fingerprint density at radius 3 is 2.72 bits per heavy atom. The van der Waals surface area contributed by atoms with E-state index in [1.54, 1.807) is 11.3 Å². The second kappa shape index (κ2) is 5.70. The van der Waals surface area contributed by atoms with Crippen LogP contribution in [0.3, 0.4) is 0 Å². The Kier molecular flexibility index (Phi) is 3.39. The fourth-order valence-electron chi connectivity index (χ4n) is 4.89. The van der Waals surface area contributed by atoms with Gasteiger partial charge < -0.3 is 4.42 Å². The zero-order chi connectivity index (χ0) is 19.9. The van der Waals surface area contributed by atoms with Gasteiger partial charge in [0.25, 0.3) is 0 Å². The fraction of sp³-hybridized carbons (Fsp3) is 0.269. The molecule has 0 saturated heterocycles. The minimum absolute atomic E-state index is 0.181. The van der Waals surface area contributed by atoms with Crippen LogP contribution in [-0.2, 0) is 12.8 Å². The summed E-state index contributed by atoms with van der Waals surface area (Å²) in [6, 6.07) is 13.2. The maximum atomic E-state index is 6.47. The van der Waals surface area contributed by atoms with Gasteiger partial charge in [-0.2, -0.15) is 0 Å². The molecule has 0 aliphatic heterocycles. The van der Waals surface area contributed by atoms with Crippen molar-refractivity contribution in [1.29, 1.82) is 0 Å². The molecule has 144 valence electrons. The third-order valence-electron chi connectivity index (χ3n) is 6.17. The van der Waals surface area contributed by atoms with E-state index in [2.05, 4.69) is 64.1 Å². The highest BCUT2D eigenvalue weighted by molar-refractivity contribution is 7.25. The molecular formula is C26H23NOS. The van der Waals surface area contributed by atoms with Gasteiger partial charge in [0.05, 0.1) is 5.69 Å². The number of nitrogens with zero attached hydrogens (tertiary/aromatic N) is 1. The summed E-state index contributed by atoms with van der Waals surface area (Å²) in [7, 11) is 0. The van der Waals surface area contributed by atoms with Crippen molar-refractivity contribution in [1.82, 2.24) is 4.98 Å². The normalized spacial score (nSPS) is 13.5. The highest BCUT2D eigenvalue weighted by atomic mass is 32.1. The van der Waals surface area contributed by atoms with Gasteiger partial charge in [-0.25, -0.2) is 0 Å². The molecule has 2 aromatic carbocycles.